The molecule has 1 amide bonds. The van der Waals surface area contributed by atoms with Gasteiger partial charge in [0.15, 0.2) is 0 Å². The van der Waals surface area contributed by atoms with Gasteiger partial charge in [0.1, 0.15) is 0 Å². The zero-order valence-electron chi connectivity index (χ0n) is 13.5. The molecule has 2 N–H and O–H groups in total. The number of hydrogen-bond acceptors (Lipinski definition) is 3. The molecule has 0 aliphatic carbocycles. The number of anilines is 2. The zero-order chi connectivity index (χ0) is 17.3. The fraction of sp³-hybridized carbons (Fsp3) is 0.588. The van der Waals surface area contributed by atoms with Gasteiger partial charge in [-0.1, -0.05) is 6.07 Å². The normalized spacial score (nSPS) is 22.3. The number of carbonyl (C=O) groups excluding carboxylic acids is 1. The molecule has 2 aliphatic rings. The van der Waals surface area contributed by atoms with Crippen molar-refractivity contribution >= 4 is 17.3 Å². The van der Waals surface area contributed by atoms with Gasteiger partial charge in [-0.05, 0) is 49.9 Å². The van der Waals surface area contributed by atoms with Gasteiger partial charge in [-0.3, -0.25) is 9.69 Å². The maximum absolute atomic E-state index is 12.9. The van der Waals surface area contributed by atoms with Crippen LogP contribution < -0.4 is 10.6 Å². The predicted molar refractivity (Wildman–Crippen MR) is 86.7 cm³/mol. The number of nitrogens with zero attached hydrogens (tertiary/aromatic N) is 2. The molecule has 3 rings (SSSR count). The minimum Gasteiger partial charge on any atom is -0.398 e. The lowest BCUT2D eigenvalue weighted by Crippen LogP contribution is -2.48. The number of hydrogen-bond donors (Lipinski definition) is 1. The molecule has 0 radical (unpaired) electrons. The van der Waals surface area contributed by atoms with Crippen LogP contribution in [0.1, 0.15) is 24.8 Å². The van der Waals surface area contributed by atoms with Gasteiger partial charge in [0, 0.05) is 24.5 Å². The van der Waals surface area contributed by atoms with Gasteiger partial charge in [0.25, 0.3) is 0 Å². The lowest BCUT2D eigenvalue weighted by atomic mass is 9.93. The Kier molecular flexibility index (Phi) is 4.71. The second kappa shape index (κ2) is 6.63. The first-order chi connectivity index (χ1) is 11.3. The lowest BCUT2D eigenvalue weighted by molar-refractivity contribution is -0.151. The molecule has 0 bridgehead atoms. The van der Waals surface area contributed by atoms with Crippen molar-refractivity contribution in [1.82, 2.24) is 4.90 Å². The van der Waals surface area contributed by atoms with Crippen LogP contribution in [0.4, 0.5) is 24.5 Å². The highest BCUT2D eigenvalue weighted by molar-refractivity contribution is 5.97. The third-order valence-electron chi connectivity index (χ3n) is 4.81. The van der Waals surface area contributed by atoms with Crippen molar-refractivity contribution in [3.8, 4) is 0 Å². The van der Waals surface area contributed by atoms with Crippen molar-refractivity contribution in [1.29, 1.82) is 0 Å². The minimum atomic E-state index is -4.23. The van der Waals surface area contributed by atoms with E-state index >= 15 is 0 Å². The van der Waals surface area contributed by atoms with E-state index in [-0.39, 0.29) is 18.4 Å². The number of likely N-dealkylation sites (tertiary alicyclic amines) is 1. The second-order valence-corrected chi connectivity index (χ2v) is 6.63. The van der Waals surface area contributed by atoms with Gasteiger partial charge in [-0.15, -0.1) is 0 Å². The first kappa shape index (κ1) is 17.1. The van der Waals surface area contributed by atoms with Crippen molar-refractivity contribution in [2.45, 2.75) is 31.9 Å². The molecule has 1 atom stereocenters. The minimum absolute atomic E-state index is 0.0755. The van der Waals surface area contributed by atoms with Crippen LogP contribution in [0, 0.1) is 5.92 Å². The highest BCUT2D eigenvalue weighted by atomic mass is 19.4. The summed E-state index contributed by atoms with van der Waals surface area (Å²) in [5, 5.41) is 0. The molecule has 1 aromatic rings. The maximum atomic E-state index is 12.9. The average molecular weight is 341 g/mol. The van der Waals surface area contributed by atoms with E-state index < -0.39 is 12.7 Å². The number of nitrogens with two attached hydrogens (primary N) is 1. The molecule has 2 heterocycles. The summed E-state index contributed by atoms with van der Waals surface area (Å²) in [6, 6.07) is 5.51. The summed E-state index contributed by atoms with van der Waals surface area (Å²) in [5.74, 6) is -0.457. The van der Waals surface area contributed by atoms with Crippen LogP contribution in [0.3, 0.4) is 0 Å². The number of piperidine rings is 1. The summed E-state index contributed by atoms with van der Waals surface area (Å²) in [6.45, 7) is 0.227. The van der Waals surface area contributed by atoms with Crippen LogP contribution in [-0.4, -0.2) is 43.2 Å². The molecule has 0 saturated carbocycles. The Hall–Kier alpha value is -1.76. The standard InChI is InChI=1S/C17H22F3N3O/c18-17(19,20)11-22-8-2-4-12(10-22)16(24)23-9-3-5-13-14(21)6-1-7-15(13)23/h1,6-7,12H,2-5,8-11,21H2. The third kappa shape index (κ3) is 3.66. The number of rotatable bonds is 2. The van der Waals surface area contributed by atoms with E-state index in [1.54, 1.807) is 4.90 Å². The molecule has 1 aromatic carbocycles. The van der Waals surface area contributed by atoms with Crippen LogP contribution in [0.2, 0.25) is 0 Å². The van der Waals surface area contributed by atoms with E-state index in [1.807, 2.05) is 18.2 Å². The van der Waals surface area contributed by atoms with Gasteiger partial charge in [0.05, 0.1) is 12.5 Å². The summed E-state index contributed by atoms with van der Waals surface area (Å²) in [7, 11) is 0. The first-order valence-corrected chi connectivity index (χ1v) is 8.33. The predicted octanol–water partition coefficient (Wildman–Crippen LogP) is 2.82. The Labute approximate surface area is 139 Å². The van der Waals surface area contributed by atoms with Gasteiger partial charge in [-0.2, -0.15) is 13.2 Å². The van der Waals surface area contributed by atoms with Crippen molar-refractivity contribution < 1.29 is 18.0 Å². The van der Waals surface area contributed by atoms with Crippen molar-refractivity contribution in [2.24, 2.45) is 5.92 Å². The number of nitrogen functional groups attached to an aromatic ring is 1. The lowest BCUT2D eigenvalue weighted by Gasteiger charge is -2.37. The molecule has 2 aliphatic heterocycles. The number of amides is 1. The summed E-state index contributed by atoms with van der Waals surface area (Å²) in [6.07, 6.45) is -1.31. The third-order valence-corrected chi connectivity index (χ3v) is 4.81. The molecular weight excluding hydrogens is 319 g/mol. The number of benzene rings is 1. The van der Waals surface area contributed by atoms with E-state index in [9.17, 15) is 18.0 Å². The molecule has 1 fully saturated rings. The van der Waals surface area contributed by atoms with Crippen LogP contribution >= 0.6 is 0 Å². The van der Waals surface area contributed by atoms with Gasteiger partial charge < -0.3 is 10.6 Å². The number of halogens is 3. The molecule has 7 heteroatoms. The Bertz CT molecular complexity index is 618. The number of fused-ring (bicyclic) bond motifs is 1. The molecule has 0 aromatic heterocycles. The van der Waals surface area contributed by atoms with Gasteiger partial charge in [-0.25, -0.2) is 0 Å². The van der Waals surface area contributed by atoms with Crippen LogP contribution in [0.25, 0.3) is 0 Å². The Morgan fingerprint density at radius 3 is 2.79 bits per heavy atom. The second-order valence-electron chi connectivity index (χ2n) is 6.63. The van der Waals surface area contributed by atoms with E-state index in [0.717, 1.165) is 24.1 Å². The Balaban J connectivity index is 1.74. The van der Waals surface area contributed by atoms with Gasteiger partial charge in [0.2, 0.25) is 5.91 Å². The van der Waals surface area contributed by atoms with E-state index in [0.29, 0.717) is 31.6 Å². The monoisotopic (exact) mass is 341 g/mol. The van der Waals surface area contributed by atoms with E-state index in [2.05, 4.69) is 0 Å². The van der Waals surface area contributed by atoms with Crippen LogP contribution in [-0.2, 0) is 11.2 Å². The van der Waals surface area contributed by atoms with Crippen molar-refractivity contribution in [3.63, 3.8) is 0 Å². The summed E-state index contributed by atoms with van der Waals surface area (Å²) in [4.78, 5) is 16.0. The highest BCUT2D eigenvalue weighted by Gasteiger charge is 2.36. The first-order valence-electron chi connectivity index (χ1n) is 8.33. The van der Waals surface area contributed by atoms with Crippen molar-refractivity contribution in [3.05, 3.63) is 23.8 Å². The van der Waals surface area contributed by atoms with Crippen LogP contribution in [0.15, 0.2) is 18.2 Å². The smallest absolute Gasteiger partial charge is 0.398 e. The number of carbonyl (C=O) groups is 1. The van der Waals surface area contributed by atoms with E-state index in [4.69, 9.17) is 5.73 Å². The Morgan fingerprint density at radius 1 is 1.25 bits per heavy atom. The average Bonchev–Trinajstić information content (AvgIpc) is 2.53. The van der Waals surface area contributed by atoms with Crippen LogP contribution in [0.5, 0.6) is 0 Å². The molecular formula is C17H22F3N3O. The molecule has 4 nitrogen and oxygen atoms in total. The van der Waals surface area contributed by atoms with Gasteiger partial charge >= 0.3 is 6.18 Å². The quantitative estimate of drug-likeness (QED) is 0.842. The molecule has 1 saturated heterocycles. The van der Waals surface area contributed by atoms with E-state index in [1.165, 1.54) is 4.90 Å². The van der Waals surface area contributed by atoms with Crippen molar-refractivity contribution in [2.75, 3.05) is 36.8 Å². The summed E-state index contributed by atoms with van der Waals surface area (Å²) in [5.41, 5.74) is 8.47. The molecule has 132 valence electrons. The SMILES string of the molecule is Nc1cccc2c1CCCN2C(=O)C1CCCN(CC(F)(F)F)C1. The largest absolute Gasteiger partial charge is 0.401 e. The fourth-order valence-electron chi connectivity index (χ4n) is 3.76. The highest BCUT2D eigenvalue weighted by Crippen LogP contribution is 2.33. The Morgan fingerprint density at radius 2 is 2.04 bits per heavy atom. The summed E-state index contributed by atoms with van der Waals surface area (Å²) < 4.78 is 37.8. The summed E-state index contributed by atoms with van der Waals surface area (Å²) >= 11 is 0. The molecule has 0 spiro atoms. The zero-order valence-corrected chi connectivity index (χ0v) is 13.5. The number of alkyl halides is 3. The fourth-order valence-corrected chi connectivity index (χ4v) is 3.76. The molecule has 24 heavy (non-hydrogen) atoms. The topological polar surface area (TPSA) is 49.6 Å². The maximum Gasteiger partial charge on any atom is 0.401 e. The molecule has 1 unspecified atom stereocenters.